The summed E-state index contributed by atoms with van der Waals surface area (Å²) >= 11 is 5.95. The van der Waals surface area contributed by atoms with Gasteiger partial charge in [0, 0.05) is 36.9 Å². The standard InChI is InChI=1S/C19H19ClF2N2O3S/c20-15-3-1-2-14(12-15)13-18(25)24-10-8-23(9-11-24)16-4-6-17(7-5-16)28(26,27)19(21)22/h1-7,12,19H,8-11,13H2. The number of anilines is 1. The number of halogens is 3. The first-order chi connectivity index (χ1) is 13.3. The zero-order chi connectivity index (χ0) is 20.3. The summed E-state index contributed by atoms with van der Waals surface area (Å²) in [5.74, 6) is -3.42. The largest absolute Gasteiger partial charge is 0.368 e. The highest BCUT2D eigenvalue weighted by molar-refractivity contribution is 7.91. The number of carbonyl (C=O) groups is 1. The fourth-order valence-electron chi connectivity index (χ4n) is 3.10. The monoisotopic (exact) mass is 428 g/mol. The van der Waals surface area contributed by atoms with Crippen LogP contribution in [0.2, 0.25) is 5.02 Å². The topological polar surface area (TPSA) is 57.7 Å². The third-order valence-electron chi connectivity index (χ3n) is 4.64. The predicted molar refractivity (Wildman–Crippen MR) is 104 cm³/mol. The van der Waals surface area contributed by atoms with E-state index in [4.69, 9.17) is 11.6 Å². The van der Waals surface area contributed by atoms with Gasteiger partial charge in [0.2, 0.25) is 15.7 Å². The van der Waals surface area contributed by atoms with Crippen molar-refractivity contribution in [3.63, 3.8) is 0 Å². The molecule has 0 atom stereocenters. The number of sulfone groups is 1. The molecule has 0 saturated carbocycles. The molecule has 0 unspecified atom stereocenters. The van der Waals surface area contributed by atoms with Crippen LogP contribution < -0.4 is 4.90 Å². The van der Waals surface area contributed by atoms with E-state index in [1.165, 1.54) is 24.3 Å². The Kier molecular flexibility index (Phi) is 6.20. The minimum absolute atomic E-state index is 0.0142. The summed E-state index contributed by atoms with van der Waals surface area (Å²) in [6.07, 6.45) is 0.279. The highest BCUT2D eigenvalue weighted by atomic mass is 35.5. The molecule has 2 aromatic carbocycles. The van der Waals surface area contributed by atoms with Crippen LogP contribution in [0.1, 0.15) is 5.56 Å². The van der Waals surface area contributed by atoms with Gasteiger partial charge in [0.15, 0.2) is 0 Å². The first kappa shape index (κ1) is 20.5. The third-order valence-corrected chi connectivity index (χ3v) is 6.28. The number of nitrogens with zero attached hydrogens (tertiary/aromatic N) is 2. The first-order valence-corrected chi connectivity index (χ1v) is 10.6. The van der Waals surface area contributed by atoms with Crippen LogP contribution in [-0.4, -0.2) is 51.2 Å². The molecule has 28 heavy (non-hydrogen) atoms. The van der Waals surface area contributed by atoms with Crippen molar-refractivity contribution >= 4 is 33.0 Å². The highest BCUT2D eigenvalue weighted by Gasteiger charge is 2.27. The second-order valence-corrected chi connectivity index (χ2v) is 8.83. The lowest BCUT2D eigenvalue weighted by Crippen LogP contribution is -2.49. The van der Waals surface area contributed by atoms with Gasteiger partial charge in [-0.2, -0.15) is 8.78 Å². The molecule has 0 bridgehead atoms. The fourth-order valence-corrected chi connectivity index (χ4v) is 4.03. The summed E-state index contributed by atoms with van der Waals surface area (Å²) < 4.78 is 48.2. The second kappa shape index (κ2) is 8.45. The van der Waals surface area contributed by atoms with E-state index in [0.29, 0.717) is 31.2 Å². The number of amides is 1. The van der Waals surface area contributed by atoms with Gasteiger partial charge in [-0.05, 0) is 42.0 Å². The summed E-state index contributed by atoms with van der Waals surface area (Å²) in [7, 11) is -4.59. The Bertz CT molecular complexity index is 944. The third kappa shape index (κ3) is 4.62. The summed E-state index contributed by atoms with van der Waals surface area (Å²) in [6, 6.07) is 12.6. The number of hydrogen-bond acceptors (Lipinski definition) is 4. The van der Waals surface area contributed by atoms with Gasteiger partial charge in [0.25, 0.3) is 0 Å². The van der Waals surface area contributed by atoms with Crippen LogP contribution >= 0.6 is 11.6 Å². The minimum atomic E-state index is -4.59. The molecule has 3 rings (SSSR count). The molecular weight excluding hydrogens is 410 g/mol. The Labute approximate surface area is 167 Å². The number of benzene rings is 2. The zero-order valence-corrected chi connectivity index (χ0v) is 16.5. The summed E-state index contributed by atoms with van der Waals surface area (Å²) in [6.45, 7) is 2.19. The van der Waals surface area contributed by atoms with Crippen molar-refractivity contribution in [3.05, 3.63) is 59.1 Å². The van der Waals surface area contributed by atoms with Gasteiger partial charge in [0.1, 0.15) is 0 Å². The van der Waals surface area contributed by atoms with E-state index in [-0.39, 0.29) is 12.3 Å². The Morgan fingerprint density at radius 2 is 1.68 bits per heavy atom. The molecule has 1 amide bonds. The van der Waals surface area contributed by atoms with Crippen molar-refractivity contribution in [3.8, 4) is 0 Å². The molecule has 0 aliphatic carbocycles. The zero-order valence-electron chi connectivity index (χ0n) is 14.9. The maximum absolute atomic E-state index is 12.6. The average molecular weight is 429 g/mol. The molecule has 1 heterocycles. The molecule has 0 spiro atoms. The van der Waals surface area contributed by atoms with Crippen LogP contribution in [0, 0.1) is 0 Å². The number of hydrogen-bond donors (Lipinski definition) is 0. The van der Waals surface area contributed by atoms with E-state index in [0.717, 1.165) is 11.3 Å². The SMILES string of the molecule is O=C(Cc1cccc(Cl)c1)N1CCN(c2ccc(S(=O)(=O)C(F)F)cc2)CC1. The van der Waals surface area contributed by atoms with Gasteiger partial charge >= 0.3 is 5.76 Å². The van der Waals surface area contributed by atoms with Gasteiger partial charge in [-0.1, -0.05) is 23.7 Å². The Hall–Kier alpha value is -2.19. The van der Waals surface area contributed by atoms with E-state index < -0.39 is 20.5 Å². The number of alkyl halides is 2. The van der Waals surface area contributed by atoms with Gasteiger partial charge in [-0.15, -0.1) is 0 Å². The molecular formula is C19H19ClF2N2O3S. The molecule has 1 fully saturated rings. The first-order valence-electron chi connectivity index (χ1n) is 8.66. The lowest BCUT2D eigenvalue weighted by atomic mass is 10.1. The van der Waals surface area contributed by atoms with E-state index >= 15 is 0 Å². The molecule has 5 nitrogen and oxygen atoms in total. The van der Waals surface area contributed by atoms with Gasteiger partial charge < -0.3 is 9.80 Å². The molecule has 1 saturated heterocycles. The molecule has 150 valence electrons. The smallest absolute Gasteiger partial charge is 0.341 e. The van der Waals surface area contributed by atoms with Gasteiger partial charge in [-0.3, -0.25) is 4.79 Å². The summed E-state index contributed by atoms with van der Waals surface area (Å²) in [5.41, 5.74) is 1.59. The summed E-state index contributed by atoms with van der Waals surface area (Å²) in [5, 5.41) is 0.590. The number of rotatable bonds is 5. The molecule has 0 N–H and O–H groups in total. The molecule has 2 aromatic rings. The Morgan fingerprint density at radius 3 is 2.25 bits per heavy atom. The lowest BCUT2D eigenvalue weighted by molar-refractivity contribution is -0.130. The molecule has 0 aromatic heterocycles. The van der Waals surface area contributed by atoms with E-state index in [1.54, 1.807) is 23.1 Å². The summed E-state index contributed by atoms with van der Waals surface area (Å²) in [4.78, 5) is 15.8. The maximum atomic E-state index is 12.6. The Balaban J connectivity index is 1.58. The number of carbonyl (C=O) groups excluding carboxylic acids is 1. The van der Waals surface area contributed by atoms with Gasteiger partial charge in [0.05, 0.1) is 11.3 Å². The van der Waals surface area contributed by atoms with E-state index in [9.17, 15) is 22.0 Å². The highest BCUT2D eigenvalue weighted by Crippen LogP contribution is 2.23. The van der Waals surface area contributed by atoms with Crippen molar-refractivity contribution in [2.24, 2.45) is 0 Å². The van der Waals surface area contributed by atoms with Crippen LogP contribution in [0.5, 0.6) is 0 Å². The van der Waals surface area contributed by atoms with Crippen molar-refractivity contribution in [1.82, 2.24) is 4.90 Å². The quantitative estimate of drug-likeness (QED) is 0.733. The van der Waals surface area contributed by atoms with E-state index in [2.05, 4.69) is 0 Å². The van der Waals surface area contributed by atoms with Crippen molar-refractivity contribution in [2.45, 2.75) is 17.1 Å². The van der Waals surface area contributed by atoms with Crippen LogP contribution in [0.25, 0.3) is 0 Å². The average Bonchev–Trinajstić information content (AvgIpc) is 2.68. The fraction of sp³-hybridized carbons (Fsp3) is 0.316. The molecule has 1 aliphatic heterocycles. The van der Waals surface area contributed by atoms with Crippen LogP contribution in [0.15, 0.2) is 53.4 Å². The van der Waals surface area contributed by atoms with Crippen molar-refractivity contribution in [2.75, 3.05) is 31.1 Å². The van der Waals surface area contributed by atoms with Crippen molar-refractivity contribution in [1.29, 1.82) is 0 Å². The Morgan fingerprint density at radius 1 is 1.04 bits per heavy atom. The second-order valence-electron chi connectivity index (χ2n) is 6.47. The molecule has 0 radical (unpaired) electrons. The van der Waals surface area contributed by atoms with Crippen molar-refractivity contribution < 1.29 is 22.0 Å². The maximum Gasteiger partial charge on any atom is 0.341 e. The minimum Gasteiger partial charge on any atom is -0.368 e. The van der Waals surface area contributed by atoms with Gasteiger partial charge in [-0.25, -0.2) is 8.42 Å². The normalized spacial score (nSPS) is 15.1. The lowest BCUT2D eigenvalue weighted by Gasteiger charge is -2.36. The molecule has 9 heteroatoms. The molecule has 1 aliphatic rings. The predicted octanol–water partition coefficient (Wildman–Crippen LogP) is 3.23. The van der Waals surface area contributed by atoms with Crippen LogP contribution in [0.4, 0.5) is 14.5 Å². The van der Waals surface area contributed by atoms with Crippen LogP contribution in [0.3, 0.4) is 0 Å². The van der Waals surface area contributed by atoms with E-state index in [1.807, 2.05) is 11.0 Å². The number of piperazine rings is 1. The van der Waals surface area contributed by atoms with Crippen LogP contribution in [-0.2, 0) is 21.1 Å².